The Labute approximate surface area is 162 Å². The second kappa shape index (κ2) is 5.30. The molecule has 0 bridgehead atoms. The van der Waals surface area contributed by atoms with Gasteiger partial charge in [0.1, 0.15) is 5.82 Å². The molecule has 0 radical (unpaired) electrons. The molecule has 2 N–H and O–H groups in total. The number of fused-ring (bicyclic) bond motifs is 4. The van der Waals surface area contributed by atoms with E-state index in [0.717, 1.165) is 40.6 Å². The summed E-state index contributed by atoms with van der Waals surface area (Å²) in [5.41, 5.74) is 1.15. The summed E-state index contributed by atoms with van der Waals surface area (Å²) in [6.45, 7) is 6.15. The van der Waals surface area contributed by atoms with Crippen molar-refractivity contribution in [2.75, 3.05) is 5.32 Å². The van der Waals surface area contributed by atoms with Gasteiger partial charge in [-0.15, -0.1) is 11.3 Å². The zero-order valence-corrected chi connectivity index (χ0v) is 16.6. The van der Waals surface area contributed by atoms with E-state index in [9.17, 15) is 5.11 Å². The fraction of sp³-hybridized carbons (Fsp3) is 0.409. The smallest absolute Gasteiger partial charge is 0.134 e. The molecular formula is C22H23FN2OS. The summed E-state index contributed by atoms with van der Waals surface area (Å²) in [5, 5.41) is 18.0. The lowest BCUT2D eigenvalue weighted by molar-refractivity contribution is -0.0628. The molecule has 2 atom stereocenters. The third kappa shape index (κ3) is 2.07. The molecule has 2 aliphatic rings. The van der Waals surface area contributed by atoms with Crippen LogP contribution in [0.5, 0.6) is 0 Å². The summed E-state index contributed by atoms with van der Waals surface area (Å²) in [4.78, 5) is 4.50. The number of hydrogen-bond acceptors (Lipinski definition) is 4. The zero-order chi connectivity index (χ0) is 19.0. The number of anilines is 1. The molecule has 2 unspecified atom stereocenters. The van der Waals surface area contributed by atoms with E-state index in [2.05, 4.69) is 17.2 Å². The van der Waals surface area contributed by atoms with Crippen LogP contribution in [-0.2, 0) is 5.41 Å². The van der Waals surface area contributed by atoms with Crippen LogP contribution in [0.25, 0.3) is 21.3 Å². The first-order valence-corrected chi connectivity index (χ1v) is 10.3. The second-order valence-corrected chi connectivity index (χ2v) is 9.61. The van der Waals surface area contributed by atoms with Crippen molar-refractivity contribution in [1.82, 2.24) is 4.98 Å². The summed E-state index contributed by atoms with van der Waals surface area (Å²) in [6, 6.07) is 7.46. The first-order chi connectivity index (χ1) is 12.8. The van der Waals surface area contributed by atoms with Gasteiger partial charge in [-0.1, -0.05) is 6.92 Å². The lowest BCUT2D eigenvalue weighted by Crippen LogP contribution is -2.65. The van der Waals surface area contributed by atoms with Crippen molar-refractivity contribution in [2.45, 2.75) is 56.6 Å². The molecule has 0 spiro atoms. The van der Waals surface area contributed by atoms with Gasteiger partial charge in [0.05, 0.1) is 16.8 Å². The van der Waals surface area contributed by atoms with Crippen molar-refractivity contribution < 1.29 is 9.50 Å². The number of benzene rings is 1. The maximum Gasteiger partial charge on any atom is 0.134 e. The van der Waals surface area contributed by atoms with E-state index in [1.165, 1.54) is 0 Å². The fourth-order valence-corrected chi connectivity index (χ4v) is 6.19. The minimum Gasteiger partial charge on any atom is -0.387 e. The topological polar surface area (TPSA) is 45.2 Å². The van der Waals surface area contributed by atoms with Crippen LogP contribution in [-0.4, -0.2) is 21.2 Å². The van der Waals surface area contributed by atoms with E-state index >= 15 is 4.39 Å². The predicted octanol–water partition coefficient (Wildman–Crippen LogP) is 5.48. The van der Waals surface area contributed by atoms with Crippen LogP contribution in [0.15, 0.2) is 35.8 Å². The van der Waals surface area contributed by atoms with Gasteiger partial charge >= 0.3 is 0 Å². The number of hydrogen-bond donors (Lipinski definition) is 2. The third-order valence-electron chi connectivity index (χ3n) is 6.95. The monoisotopic (exact) mass is 382 g/mol. The molecule has 27 heavy (non-hydrogen) atoms. The molecule has 1 aliphatic heterocycles. The highest BCUT2D eigenvalue weighted by Gasteiger charge is 2.62. The van der Waals surface area contributed by atoms with Crippen molar-refractivity contribution >= 4 is 27.1 Å². The molecule has 5 rings (SSSR count). The Kier molecular flexibility index (Phi) is 3.36. The van der Waals surface area contributed by atoms with Crippen LogP contribution in [0.3, 0.4) is 0 Å². The molecule has 5 heteroatoms. The van der Waals surface area contributed by atoms with Gasteiger partial charge in [-0.25, -0.2) is 4.39 Å². The van der Waals surface area contributed by atoms with Gasteiger partial charge in [0.15, 0.2) is 0 Å². The van der Waals surface area contributed by atoms with Crippen LogP contribution in [0.2, 0.25) is 0 Å². The molecule has 1 fully saturated rings. The lowest BCUT2D eigenvalue weighted by Gasteiger charge is -2.55. The number of rotatable bonds is 1. The maximum atomic E-state index is 15.2. The normalized spacial score (nSPS) is 28.6. The van der Waals surface area contributed by atoms with Gasteiger partial charge < -0.3 is 10.4 Å². The first kappa shape index (κ1) is 17.1. The molecule has 3 heterocycles. The Balaban J connectivity index is 1.78. The average molecular weight is 383 g/mol. The van der Waals surface area contributed by atoms with Crippen molar-refractivity contribution in [3.8, 4) is 11.3 Å². The maximum absolute atomic E-state index is 15.2. The lowest BCUT2D eigenvalue weighted by atomic mass is 9.60. The SMILES string of the molecule is CC1(C)Nc2cc(F)c(-c3nccc4sccc34)cc2C2(C)CCCC12O. The Bertz CT molecular complexity index is 1080. The van der Waals surface area contributed by atoms with Crippen LogP contribution in [0.4, 0.5) is 10.1 Å². The highest BCUT2D eigenvalue weighted by molar-refractivity contribution is 7.17. The number of aromatic nitrogens is 1. The van der Waals surface area contributed by atoms with Crippen LogP contribution >= 0.6 is 11.3 Å². The highest BCUT2D eigenvalue weighted by Crippen LogP contribution is 2.59. The third-order valence-corrected chi connectivity index (χ3v) is 7.83. The van der Waals surface area contributed by atoms with Gasteiger partial charge in [0.25, 0.3) is 0 Å². The first-order valence-electron chi connectivity index (χ1n) is 9.44. The quantitative estimate of drug-likeness (QED) is 0.586. The number of halogens is 1. The summed E-state index contributed by atoms with van der Waals surface area (Å²) in [6.07, 6.45) is 4.33. The van der Waals surface area contributed by atoms with Gasteiger partial charge in [0, 0.05) is 32.9 Å². The molecule has 1 aromatic carbocycles. The molecule has 0 amide bonds. The molecule has 140 valence electrons. The Morgan fingerprint density at radius 1 is 1.19 bits per heavy atom. The molecule has 3 aromatic rings. The van der Waals surface area contributed by atoms with Crippen LogP contribution < -0.4 is 5.32 Å². The molecular weight excluding hydrogens is 359 g/mol. The minimum atomic E-state index is -0.871. The van der Waals surface area contributed by atoms with Gasteiger partial charge in [-0.05, 0) is 68.3 Å². The Morgan fingerprint density at radius 3 is 2.81 bits per heavy atom. The largest absolute Gasteiger partial charge is 0.387 e. The number of nitrogens with one attached hydrogen (secondary N) is 1. The summed E-state index contributed by atoms with van der Waals surface area (Å²) >= 11 is 1.63. The summed E-state index contributed by atoms with van der Waals surface area (Å²) in [7, 11) is 0. The van der Waals surface area contributed by atoms with Crippen molar-refractivity contribution in [1.29, 1.82) is 0 Å². The van der Waals surface area contributed by atoms with Gasteiger partial charge in [-0.2, -0.15) is 0 Å². The summed E-state index contributed by atoms with van der Waals surface area (Å²) < 4.78 is 16.3. The van der Waals surface area contributed by atoms with E-state index in [0.29, 0.717) is 11.3 Å². The minimum absolute atomic E-state index is 0.282. The van der Waals surface area contributed by atoms with E-state index in [1.54, 1.807) is 23.6 Å². The van der Waals surface area contributed by atoms with E-state index in [4.69, 9.17) is 0 Å². The van der Waals surface area contributed by atoms with E-state index < -0.39 is 16.6 Å². The molecule has 0 saturated heterocycles. The zero-order valence-electron chi connectivity index (χ0n) is 15.8. The van der Waals surface area contributed by atoms with Gasteiger partial charge in [0.2, 0.25) is 0 Å². The predicted molar refractivity (Wildman–Crippen MR) is 109 cm³/mol. The standard InChI is InChI=1S/C22H23FN2OS/c1-20(2)22(26)8-4-7-21(22,3)15-11-14(16(23)12-17(15)25-20)19-13-6-10-27-18(13)5-9-24-19/h5-6,9-12,25-26H,4,7-8H2,1-3H3. The molecule has 3 nitrogen and oxygen atoms in total. The molecule has 1 saturated carbocycles. The van der Waals surface area contributed by atoms with Crippen LogP contribution in [0, 0.1) is 5.82 Å². The van der Waals surface area contributed by atoms with Crippen molar-refractivity contribution in [2.24, 2.45) is 0 Å². The second-order valence-electron chi connectivity index (χ2n) is 8.67. The molecule has 1 aliphatic carbocycles. The van der Waals surface area contributed by atoms with Gasteiger partial charge in [-0.3, -0.25) is 4.98 Å². The van der Waals surface area contributed by atoms with Crippen molar-refractivity contribution in [3.63, 3.8) is 0 Å². The Morgan fingerprint density at radius 2 is 2.00 bits per heavy atom. The number of thiophene rings is 1. The number of nitrogens with zero attached hydrogens (tertiary/aromatic N) is 1. The van der Waals surface area contributed by atoms with Crippen molar-refractivity contribution in [3.05, 3.63) is 47.2 Å². The van der Waals surface area contributed by atoms with E-state index in [1.807, 2.05) is 37.4 Å². The Hall–Kier alpha value is -1.98. The summed E-state index contributed by atoms with van der Waals surface area (Å²) in [5.74, 6) is -0.282. The number of pyridine rings is 1. The molecule has 2 aromatic heterocycles. The fourth-order valence-electron chi connectivity index (χ4n) is 5.40. The highest BCUT2D eigenvalue weighted by atomic mass is 32.1. The number of aliphatic hydroxyl groups is 1. The van der Waals surface area contributed by atoms with Crippen LogP contribution in [0.1, 0.15) is 45.6 Å². The van der Waals surface area contributed by atoms with E-state index in [-0.39, 0.29) is 5.82 Å². The average Bonchev–Trinajstić information content (AvgIpc) is 3.20.